The maximum Gasteiger partial charge on any atom is 0.121 e. The first-order chi connectivity index (χ1) is 10.1. The van der Waals surface area contributed by atoms with Crippen molar-refractivity contribution in [3.8, 4) is 5.75 Å². The Morgan fingerprint density at radius 1 is 1.29 bits per heavy atom. The van der Waals surface area contributed by atoms with E-state index in [1.807, 2.05) is 42.6 Å². The summed E-state index contributed by atoms with van der Waals surface area (Å²) in [5.74, 6) is 0.769. The van der Waals surface area contributed by atoms with Crippen LogP contribution in [0.3, 0.4) is 0 Å². The van der Waals surface area contributed by atoms with Crippen LogP contribution in [-0.4, -0.2) is 12.6 Å². The summed E-state index contributed by atoms with van der Waals surface area (Å²) in [5.41, 5.74) is 0. The zero-order valence-electron chi connectivity index (χ0n) is 12.1. The second-order valence-corrected chi connectivity index (χ2v) is 6.64. The van der Waals surface area contributed by atoms with Crippen LogP contribution in [0.2, 0.25) is 10.0 Å². The number of nitrogens with one attached hydrogen (secondary N) is 1. The standard InChI is InChI=1S/C16H19Cl2NOS/c1-3-8-19-15(16-14(18)7-9-21-16)11(2)20-13-6-4-5-12(17)10-13/h4-7,9-11,15,19H,3,8H2,1-2H3. The molecule has 1 aromatic carbocycles. The van der Waals surface area contributed by atoms with Gasteiger partial charge in [-0.25, -0.2) is 0 Å². The van der Waals surface area contributed by atoms with E-state index >= 15 is 0 Å². The van der Waals surface area contributed by atoms with E-state index < -0.39 is 0 Å². The number of hydrogen-bond donors (Lipinski definition) is 1. The summed E-state index contributed by atoms with van der Waals surface area (Å²) in [5, 5.41) is 6.98. The molecular weight excluding hydrogens is 325 g/mol. The highest BCUT2D eigenvalue weighted by Gasteiger charge is 2.23. The van der Waals surface area contributed by atoms with Gasteiger partial charge in [-0.05, 0) is 49.5 Å². The van der Waals surface area contributed by atoms with Crippen molar-refractivity contribution in [1.82, 2.24) is 5.32 Å². The van der Waals surface area contributed by atoms with Gasteiger partial charge in [0.15, 0.2) is 0 Å². The average Bonchev–Trinajstić information content (AvgIpc) is 2.86. The van der Waals surface area contributed by atoms with E-state index in [4.69, 9.17) is 27.9 Å². The quantitative estimate of drug-likeness (QED) is 0.710. The monoisotopic (exact) mass is 343 g/mol. The zero-order chi connectivity index (χ0) is 15.2. The van der Waals surface area contributed by atoms with Crippen LogP contribution in [0.5, 0.6) is 5.75 Å². The molecule has 2 unspecified atom stereocenters. The lowest BCUT2D eigenvalue weighted by Crippen LogP contribution is -2.34. The Balaban J connectivity index is 2.14. The fourth-order valence-electron chi connectivity index (χ4n) is 2.12. The molecule has 2 nitrogen and oxygen atoms in total. The second kappa shape index (κ2) is 8.04. The number of benzene rings is 1. The van der Waals surface area contributed by atoms with Gasteiger partial charge in [0.2, 0.25) is 0 Å². The fourth-order valence-corrected chi connectivity index (χ4v) is 3.64. The van der Waals surface area contributed by atoms with Crippen molar-refractivity contribution in [3.05, 3.63) is 50.6 Å². The number of halogens is 2. The van der Waals surface area contributed by atoms with Crippen LogP contribution in [0.4, 0.5) is 0 Å². The molecule has 2 atom stereocenters. The highest BCUT2D eigenvalue weighted by Crippen LogP contribution is 2.32. The number of ether oxygens (including phenoxy) is 1. The van der Waals surface area contributed by atoms with E-state index in [2.05, 4.69) is 12.2 Å². The Morgan fingerprint density at radius 3 is 2.71 bits per heavy atom. The van der Waals surface area contributed by atoms with Crippen molar-refractivity contribution < 1.29 is 4.74 Å². The minimum atomic E-state index is -0.0498. The first-order valence-electron chi connectivity index (χ1n) is 7.00. The molecule has 0 amide bonds. The molecule has 2 rings (SSSR count). The lowest BCUT2D eigenvalue weighted by molar-refractivity contribution is 0.172. The molecule has 5 heteroatoms. The molecule has 2 aromatic rings. The van der Waals surface area contributed by atoms with Crippen LogP contribution < -0.4 is 10.1 Å². The van der Waals surface area contributed by atoms with Gasteiger partial charge in [0.25, 0.3) is 0 Å². The molecule has 0 bridgehead atoms. The first-order valence-corrected chi connectivity index (χ1v) is 8.64. The summed E-state index contributed by atoms with van der Waals surface area (Å²) >= 11 is 13.9. The molecule has 21 heavy (non-hydrogen) atoms. The van der Waals surface area contributed by atoms with Gasteiger partial charge in [0, 0.05) is 9.90 Å². The Morgan fingerprint density at radius 2 is 2.10 bits per heavy atom. The molecule has 0 radical (unpaired) electrons. The van der Waals surface area contributed by atoms with Gasteiger partial charge in [-0.3, -0.25) is 0 Å². The van der Waals surface area contributed by atoms with Crippen molar-refractivity contribution in [1.29, 1.82) is 0 Å². The van der Waals surface area contributed by atoms with Gasteiger partial charge in [0.05, 0.1) is 11.1 Å². The third-order valence-electron chi connectivity index (χ3n) is 3.13. The molecule has 0 saturated carbocycles. The van der Waals surface area contributed by atoms with Crippen molar-refractivity contribution in [3.63, 3.8) is 0 Å². The minimum absolute atomic E-state index is 0.0498. The van der Waals surface area contributed by atoms with Gasteiger partial charge in [-0.1, -0.05) is 36.2 Å². The van der Waals surface area contributed by atoms with Gasteiger partial charge in [-0.2, -0.15) is 0 Å². The largest absolute Gasteiger partial charge is 0.489 e. The predicted octanol–water partition coefficient (Wildman–Crippen LogP) is 5.56. The summed E-state index contributed by atoms with van der Waals surface area (Å²) in [6, 6.07) is 9.45. The molecule has 1 N–H and O–H groups in total. The number of rotatable bonds is 7. The minimum Gasteiger partial charge on any atom is -0.489 e. The average molecular weight is 344 g/mol. The first kappa shape index (κ1) is 16.6. The molecule has 114 valence electrons. The lowest BCUT2D eigenvalue weighted by atomic mass is 10.1. The Labute approximate surface area is 140 Å². The maximum absolute atomic E-state index is 6.28. The predicted molar refractivity (Wildman–Crippen MR) is 91.9 cm³/mol. The van der Waals surface area contributed by atoms with E-state index in [9.17, 15) is 0 Å². The third-order valence-corrected chi connectivity index (χ3v) is 4.81. The van der Waals surface area contributed by atoms with E-state index in [-0.39, 0.29) is 12.1 Å². The van der Waals surface area contributed by atoms with Crippen LogP contribution >= 0.6 is 34.5 Å². The third kappa shape index (κ3) is 4.62. The molecule has 0 aliphatic carbocycles. The highest BCUT2D eigenvalue weighted by atomic mass is 35.5. The van der Waals surface area contributed by atoms with E-state index in [0.29, 0.717) is 5.02 Å². The highest BCUT2D eigenvalue weighted by molar-refractivity contribution is 7.10. The lowest BCUT2D eigenvalue weighted by Gasteiger charge is -2.25. The molecule has 0 spiro atoms. The van der Waals surface area contributed by atoms with Crippen molar-refractivity contribution >= 4 is 34.5 Å². The zero-order valence-corrected chi connectivity index (χ0v) is 14.4. The van der Waals surface area contributed by atoms with Gasteiger partial charge >= 0.3 is 0 Å². The van der Waals surface area contributed by atoms with E-state index in [1.165, 1.54) is 0 Å². The van der Waals surface area contributed by atoms with E-state index in [1.54, 1.807) is 11.3 Å². The Bertz CT molecular complexity index is 573. The van der Waals surface area contributed by atoms with Crippen LogP contribution in [0.15, 0.2) is 35.7 Å². The van der Waals surface area contributed by atoms with Crippen LogP contribution in [0.1, 0.15) is 31.2 Å². The summed E-state index contributed by atoms with van der Waals surface area (Å²) in [4.78, 5) is 1.11. The maximum atomic E-state index is 6.28. The molecule has 0 aliphatic rings. The molecule has 0 fully saturated rings. The summed E-state index contributed by atoms with van der Waals surface area (Å²) in [6.07, 6.45) is 1.01. The van der Waals surface area contributed by atoms with Gasteiger partial charge in [-0.15, -0.1) is 11.3 Å². The van der Waals surface area contributed by atoms with Crippen molar-refractivity contribution in [2.45, 2.75) is 32.4 Å². The normalized spacial score (nSPS) is 13.9. The topological polar surface area (TPSA) is 21.3 Å². The molecule has 1 aromatic heterocycles. The Hall–Kier alpha value is -0.740. The molecule has 1 heterocycles. The van der Waals surface area contributed by atoms with Crippen LogP contribution in [0, 0.1) is 0 Å². The van der Waals surface area contributed by atoms with E-state index in [0.717, 1.165) is 28.6 Å². The van der Waals surface area contributed by atoms with Gasteiger partial charge < -0.3 is 10.1 Å². The number of thiophene rings is 1. The Kier molecular flexibility index (Phi) is 6.37. The molecule has 0 aliphatic heterocycles. The second-order valence-electron chi connectivity index (χ2n) is 4.84. The van der Waals surface area contributed by atoms with Gasteiger partial charge in [0.1, 0.15) is 11.9 Å². The smallest absolute Gasteiger partial charge is 0.121 e. The van der Waals surface area contributed by atoms with Crippen LogP contribution in [-0.2, 0) is 0 Å². The van der Waals surface area contributed by atoms with Crippen molar-refractivity contribution in [2.75, 3.05) is 6.54 Å². The number of hydrogen-bond acceptors (Lipinski definition) is 3. The molecule has 0 saturated heterocycles. The summed E-state index contributed by atoms with van der Waals surface area (Å²) in [7, 11) is 0. The fraction of sp³-hybridized carbons (Fsp3) is 0.375. The molecular formula is C16H19Cl2NOS. The summed E-state index contributed by atoms with van der Waals surface area (Å²) < 4.78 is 6.03. The van der Waals surface area contributed by atoms with Crippen LogP contribution in [0.25, 0.3) is 0 Å². The summed E-state index contributed by atoms with van der Waals surface area (Å²) in [6.45, 7) is 5.11. The van der Waals surface area contributed by atoms with Crippen molar-refractivity contribution in [2.24, 2.45) is 0 Å². The SMILES string of the molecule is CCCNC(c1sccc1Cl)C(C)Oc1cccc(Cl)c1.